The number of ether oxygens (including phenoxy) is 1. The summed E-state index contributed by atoms with van der Waals surface area (Å²) in [6.07, 6.45) is 3.72. The Hall–Kier alpha value is -3.36. The molecule has 0 atom stereocenters. The summed E-state index contributed by atoms with van der Waals surface area (Å²) < 4.78 is 8.09. The molecule has 2 aliphatic rings. The van der Waals surface area contributed by atoms with Crippen LogP contribution in [-0.4, -0.2) is 38.1 Å². The summed E-state index contributed by atoms with van der Waals surface area (Å²) in [4.78, 5) is 17.0. The van der Waals surface area contributed by atoms with Crippen LogP contribution in [0.1, 0.15) is 25.0 Å². The second kappa shape index (κ2) is 9.36. The first-order valence-electron chi connectivity index (χ1n) is 11.3. The van der Waals surface area contributed by atoms with Crippen molar-refractivity contribution in [2.75, 3.05) is 6.61 Å². The standard InChI is InChI=1S/C26H24ClN5O2S/c1-15(2)25-30-32-23(28)20(24(33)29-26(32)35-25)13-17-14-31(21-7-5-4-6-19(17)21)10-11-34-22-9-8-18(27)12-16(22)3/h4-9,12-15,28H,10-11H2,1-3H3/b20-13-,28-23?. The molecule has 0 saturated heterocycles. The fourth-order valence-electron chi connectivity index (χ4n) is 4.00. The van der Waals surface area contributed by atoms with Crippen LogP contribution in [0, 0.1) is 18.3 Å². The predicted molar refractivity (Wildman–Crippen MR) is 143 cm³/mol. The van der Waals surface area contributed by atoms with Crippen molar-refractivity contribution in [3.05, 3.63) is 70.4 Å². The van der Waals surface area contributed by atoms with Gasteiger partial charge in [-0.2, -0.15) is 15.1 Å². The van der Waals surface area contributed by atoms with Gasteiger partial charge in [0.1, 0.15) is 17.4 Å². The molecule has 1 N–H and O–H groups in total. The van der Waals surface area contributed by atoms with Crippen LogP contribution in [0.25, 0.3) is 17.0 Å². The minimum Gasteiger partial charge on any atom is -0.491 e. The highest BCUT2D eigenvalue weighted by atomic mass is 35.5. The van der Waals surface area contributed by atoms with Gasteiger partial charge in [-0.25, -0.2) is 0 Å². The first kappa shape index (κ1) is 23.4. The van der Waals surface area contributed by atoms with E-state index >= 15 is 0 Å². The molecule has 0 unspecified atom stereocenters. The molecule has 3 heterocycles. The molecule has 2 aliphatic heterocycles. The number of hydrogen-bond donors (Lipinski definition) is 1. The zero-order chi connectivity index (χ0) is 24.7. The fraction of sp³-hybridized carbons (Fsp3) is 0.231. The highest BCUT2D eigenvalue weighted by molar-refractivity contribution is 8.27. The Morgan fingerprint density at radius 2 is 2.03 bits per heavy atom. The minimum absolute atomic E-state index is 0.0431. The molecule has 1 aromatic heterocycles. The number of rotatable bonds is 6. The molecule has 5 rings (SSSR count). The summed E-state index contributed by atoms with van der Waals surface area (Å²) in [5, 5.41) is 17.5. The first-order chi connectivity index (χ1) is 16.8. The Labute approximate surface area is 212 Å². The number of amidine groups is 2. The van der Waals surface area contributed by atoms with Crippen molar-refractivity contribution in [2.24, 2.45) is 16.0 Å². The Morgan fingerprint density at radius 3 is 2.80 bits per heavy atom. The molecule has 0 saturated carbocycles. The zero-order valence-corrected chi connectivity index (χ0v) is 21.2. The van der Waals surface area contributed by atoms with Crippen LogP contribution in [0.15, 0.2) is 64.3 Å². The third-order valence-corrected chi connectivity index (χ3v) is 7.25. The molecule has 35 heavy (non-hydrogen) atoms. The third kappa shape index (κ3) is 4.51. The number of benzene rings is 2. The normalized spacial score (nSPS) is 16.8. The van der Waals surface area contributed by atoms with E-state index in [0.29, 0.717) is 23.3 Å². The van der Waals surface area contributed by atoms with E-state index in [2.05, 4.69) is 14.7 Å². The lowest BCUT2D eigenvalue weighted by molar-refractivity contribution is -0.114. The van der Waals surface area contributed by atoms with E-state index in [0.717, 1.165) is 32.8 Å². The van der Waals surface area contributed by atoms with Crippen LogP contribution in [0.3, 0.4) is 0 Å². The molecule has 0 spiro atoms. The number of nitrogens with one attached hydrogen (secondary N) is 1. The molecule has 3 aromatic rings. The van der Waals surface area contributed by atoms with Crippen molar-refractivity contribution < 1.29 is 9.53 Å². The topological polar surface area (TPSA) is 83.0 Å². The summed E-state index contributed by atoms with van der Waals surface area (Å²) in [6.45, 7) is 7.11. The van der Waals surface area contributed by atoms with Crippen LogP contribution in [0.2, 0.25) is 5.02 Å². The number of halogens is 1. The Balaban J connectivity index is 1.42. The van der Waals surface area contributed by atoms with Crippen LogP contribution in [-0.2, 0) is 11.3 Å². The van der Waals surface area contributed by atoms with Gasteiger partial charge in [0.2, 0.25) is 5.17 Å². The van der Waals surface area contributed by atoms with Gasteiger partial charge in [0.05, 0.1) is 12.1 Å². The van der Waals surface area contributed by atoms with Gasteiger partial charge in [-0.15, -0.1) is 0 Å². The van der Waals surface area contributed by atoms with Gasteiger partial charge >= 0.3 is 0 Å². The molecule has 1 amide bonds. The van der Waals surface area contributed by atoms with Crippen LogP contribution >= 0.6 is 23.4 Å². The molecule has 0 radical (unpaired) electrons. The van der Waals surface area contributed by atoms with Crippen LogP contribution in [0.5, 0.6) is 5.75 Å². The lowest BCUT2D eigenvalue weighted by atomic mass is 10.1. The number of carbonyl (C=O) groups is 1. The van der Waals surface area contributed by atoms with Gasteiger partial charge < -0.3 is 9.30 Å². The maximum atomic E-state index is 12.8. The SMILES string of the molecule is Cc1cc(Cl)ccc1OCCn1cc(/C=C2/C(=N)N3N=C(C(C)C)SC3=NC2=O)c2ccccc21. The number of hydrogen-bond acceptors (Lipinski definition) is 5. The summed E-state index contributed by atoms with van der Waals surface area (Å²) in [6, 6.07) is 13.6. The van der Waals surface area contributed by atoms with E-state index in [9.17, 15) is 4.79 Å². The maximum Gasteiger partial charge on any atom is 0.283 e. The first-order valence-corrected chi connectivity index (χ1v) is 12.5. The second-order valence-electron chi connectivity index (χ2n) is 8.67. The summed E-state index contributed by atoms with van der Waals surface area (Å²) in [5.74, 6) is 0.613. The molecule has 2 aromatic carbocycles. The van der Waals surface area contributed by atoms with E-state index in [1.54, 1.807) is 6.08 Å². The Kier molecular flexibility index (Phi) is 6.25. The smallest absolute Gasteiger partial charge is 0.283 e. The largest absolute Gasteiger partial charge is 0.491 e. The average Bonchev–Trinajstić information content (AvgIpc) is 3.40. The van der Waals surface area contributed by atoms with E-state index in [4.69, 9.17) is 21.7 Å². The lowest BCUT2D eigenvalue weighted by Gasteiger charge is -2.20. The monoisotopic (exact) mass is 505 g/mol. The maximum absolute atomic E-state index is 12.8. The van der Waals surface area contributed by atoms with E-state index in [-0.39, 0.29) is 17.3 Å². The molecular weight excluding hydrogens is 482 g/mol. The lowest BCUT2D eigenvalue weighted by Crippen LogP contribution is -2.35. The molecule has 0 aliphatic carbocycles. The molecule has 0 fully saturated rings. The number of amides is 1. The molecular formula is C26H24ClN5O2S. The van der Waals surface area contributed by atoms with Crippen molar-refractivity contribution in [1.82, 2.24) is 9.58 Å². The van der Waals surface area contributed by atoms with Crippen LogP contribution in [0.4, 0.5) is 0 Å². The molecule has 9 heteroatoms. The van der Waals surface area contributed by atoms with E-state index in [1.165, 1.54) is 16.8 Å². The number of fused-ring (bicyclic) bond motifs is 2. The van der Waals surface area contributed by atoms with Crippen molar-refractivity contribution in [3.63, 3.8) is 0 Å². The van der Waals surface area contributed by atoms with Crippen molar-refractivity contribution in [2.45, 2.75) is 27.3 Å². The zero-order valence-electron chi connectivity index (χ0n) is 19.6. The minimum atomic E-state index is -0.424. The van der Waals surface area contributed by atoms with Crippen molar-refractivity contribution in [1.29, 1.82) is 5.41 Å². The number of nitrogens with zero attached hydrogens (tertiary/aromatic N) is 4. The number of aryl methyl sites for hydroxylation is 1. The molecule has 0 bridgehead atoms. The fourth-order valence-corrected chi connectivity index (χ4v) is 5.12. The highest BCUT2D eigenvalue weighted by Gasteiger charge is 2.36. The third-order valence-electron chi connectivity index (χ3n) is 5.81. The van der Waals surface area contributed by atoms with E-state index in [1.807, 2.05) is 69.4 Å². The van der Waals surface area contributed by atoms with Gasteiger partial charge in [-0.1, -0.05) is 43.6 Å². The predicted octanol–water partition coefficient (Wildman–Crippen LogP) is 5.96. The Morgan fingerprint density at radius 1 is 1.23 bits per heavy atom. The number of carbonyl (C=O) groups excluding carboxylic acids is 1. The van der Waals surface area contributed by atoms with Gasteiger partial charge in [-0.05, 0) is 54.6 Å². The van der Waals surface area contributed by atoms with Crippen LogP contribution < -0.4 is 4.74 Å². The van der Waals surface area contributed by atoms with Gasteiger partial charge in [-0.3, -0.25) is 10.2 Å². The second-order valence-corrected chi connectivity index (χ2v) is 10.1. The number of para-hydroxylation sites is 1. The highest BCUT2D eigenvalue weighted by Crippen LogP contribution is 2.32. The number of thioether (sulfide) groups is 1. The van der Waals surface area contributed by atoms with Crippen molar-refractivity contribution >= 4 is 62.3 Å². The van der Waals surface area contributed by atoms with E-state index < -0.39 is 5.91 Å². The van der Waals surface area contributed by atoms with Gasteiger partial charge in [0.25, 0.3) is 5.91 Å². The summed E-state index contributed by atoms with van der Waals surface area (Å²) in [5.41, 5.74) is 3.07. The summed E-state index contributed by atoms with van der Waals surface area (Å²) in [7, 11) is 0. The quantitative estimate of drug-likeness (QED) is 0.419. The average molecular weight is 506 g/mol. The Bertz CT molecular complexity index is 1450. The number of aliphatic imine (C=N–C) groups is 1. The number of aromatic nitrogens is 1. The molecule has 7 nitrogen and oxygen atoms in total. The number of hydrazone groups is 1. The summed E-state index contributed by atoms with van der Waals surface area (Å²) >= 11 is 7.39. The molecule has 178 valence electrons. The van der Waals surface area contributed by atoms with Gasteiger partial charge in [0.15, 0.2) is 5.84 Å². The van der Waals surface area contributed by atoms with Crippen molar-refractivity contribution in [3.8, 4) is 5.75 Å². The van der Waals surface area contributed by atoms with Gasteiger partial charge in [0, 0.05) is 33.6 Å².